The number of hydrazine groups is 1. The highest BCUT2D eigenvalue weighted by molar-refractivity contribution is 6.05. The minimum atomic E-state index is -0.341. The second kappa shape index (κ2) is 9.79. The number of methoxy groups -OCH3 is 1. The molecule has 0 saturated carbocycles. The molecule has 2 aromatic carbocycles. The van der Waals surface area contributed by atoms with Crippen LogP contribution in [0.5, 0.6) is 11.5 Å². The third kappa shape index (κ3) is 4.83. The summed E-state index contributed by atoms with van der Waals surface area (Å²) in [4.78, 5) is 41.0. The lowest BCUT2D eigenvalue weighted by Gasteiger charge is -2.27. The number of carbonyl (C=O) groups excluding carboxylic acids is 3. The number of aromatic nitrogens is 2. The second-order valence-electron chi connectivity index (χ2n) is 8.12. The molecule has 0 atom stereocenters. The van der Waals surface area contributed by atoms with Crippen LogP contribution in [0.25, 0.3) is 5.65 Å². The highest BCUT2D eigenvalue weighted by Crippen LogP contribution is 2.31. The van der Waals surface area contributed by atoms with Crippen molar-refractivity contribution in [2.75, 3.05) is 17.4 Å². The van der Waals surface area contributed by atoms with Crippen LogP contribution in [-0.2, 0) is 16.2 Å². The van der Waals surface area contributed by atoms with Crippen LogP contribution in [0.3, 0.4) is 0 Å². The molecule has 0 aliphatic carbocycles. The minimum Gasteiger partial charge on any atom is -0.493 e. The molecule has 10 nitrogen and oxygen atoms in total. The average molecular weight is 486 g/mol. The van der Waals surface area contributed by atoms with Gasteiger partial charge in [0.1, 0.15) is 12.3 Å². The first-order chi connectivity index (χ1) is 17.5. The van der Waals surface area contributed by atoms with Crippen LogP contribution in [0.4, 0.5) is 11.4 Å². The summed E-state index contributed by atoms with van der Waals surface area (Å²) < 4.78 is 13.3. The molecule has 36 heavy (non-hydrogen) atoms. The summed E-state index contributed by atoms with van der Waals surface area (Å²) in [6, 6.07) is 17.2. The summed E-state index contributed by atoms with van der Waals surface area (Å²) in [6.45, 7) is 0.225. The molecule has 10 heteroatoms. The number of benzene rings is 2. The van der Waals surface area contributed by atoms with E-state index >= 15 is 0 Å². The highest BCUT2D eigenvalue weighted by atomic mass is 16.5. The van der Waals surface area contributed by atoms with Crippen molar-refractivity contribution in [2.45, 2.75) is 19.4 Å². The fourth-order valence-electron chi connectivity index (χ4n) is 3.82. The van der Waals surface area contributed by atoms with Crippen LogP contribution >= 0.6 is 0 Å². The van der Waals surface area contributed by atoms with Crippen molar-refractivity contribution >= 4 is 34.7 Å². The summed E-state index contributed by atoms with van der Waals surface area (Å²) in [7, 11) is 1.54. The molecule has 2 aromatic heterocycles. The van der Waals surface area contributed by atoms with Gasteiger partial charge in [0.2, 0.25) is 11.8 Å². The molecule has 1 fully saturated rings. The van der Waals surface area contributed by atoms with Gasteiger partial charge in [0, 0.05) is 42.6 Å². The number of hydrogen-bond donors (Lipinski definition) is 2. The van der Waals surface area contributed by atoms with Gasteiger partial charge in [-0.3, -0.25) is 19.8 Å². The molecule has 0 radical (unpaired) electrons. The third-order valence-corrected chi connectivity index (χ3v) is 5.65. The number of pyridine rings is 1. The third-order valence-electron chi connectivity index (χ3n) is 5.65. The number of nitrogens with one attached hydrogen (secondary N) is 2. The van der Waals surface area contributed by atoms with Gasteiger partial charge in [-0.15, -0.1) is 0 Å². The maximum absolute atomic E-state index is 12.8. The Hall–Kier alpha value is -4.86. The summed E-state index contributed by atoms with van der Waals surface area (Å²) in [5, 5.41) is 4.04. The molecule has 182 valence electrons. The number of rotatable bonds is 7. The Morgan fingerprint density at radius 3 is 2.67 bits per heavy atom. The molecule has 0 spiro atoms. The van der Waals surface area contributed by atoms with Crippen molar-refractivity contribution in [3.63, 3.8) is 0 Å². The number of anilines is 2. The van der Waals surface area contributed by atoms with Gasteiger partial charge in [-0.05, 0) is 48.5 Å². The van der Waals surface area contributed by atoms with E-state index in [0.717, 1.165) is 11.3 Å². The van der Waals surface area contributed by atoms with E-state index in [1.54, 1.807) is 49.6 Å². The first-order valence-electron chi connectivity index (χ1n) is 11.3. The maximum atomic E-state index is 12.8. The molecule has 1 aliphatic rings. The normalized spacial score (nSPS) is 13.4. The Labute approximate surface area is 206 Å². The van der Waals surface area contributed by atoms with Gasteiger partial charge in [0.15, 0.2) is 11.5 Å². The fraction of sp³-hybridized carbons (Fsp3) is 0.154. The van der Waals surface area contributed by atoms with E-state index < -0.39 is 0 Å². The number of carbonyl (C=O) groups is 3. The first-order valence-corrected chi connectivity index (χ1v) is 11.3. The first kappa shape index (κ1) is 22.9. The topological polar surface area (TPSA) is 114 Å². The zero-order chi connectivity index (χ0) is 25.1. The fourth-order valence-corrected chi connectivity index (χ4v) is 3.82. The molecular formula is C26H23N5O5. The van der Waals surface area contributed by atoms with Gasteiger partial charge in [-0.1, -0.05) is 6.07 Å². The van der Waals surface area contributed by atoms with Crippen molar-refractivity contribution in [3.8, 4) is 11.5 Å². The van der Waals surface area contributed by atoms with Gasteiger partial charge < -0.3 is 19.2 Å². The summed E-state index contributed by atoms with van der Waals surface area (Å²) in [6.07, 6.45) is 4.12. The Morgan fingerprint density at radius 1 is 1.06 bits per heavy atom. The van der Waals surface area contributed by atoms with Crippen LogP contribution < -0.4 is 25.2 Å². The highest BCUT2D eigenvalue weighted by Gasteiger charge is 2.24. The maximum Gasteiger partial charge on any atom is 0.255 e. The number of imidazole rings is 1. The molecule has 0 bridgehead atoms. The molecule has 1 saturated heterocycles. The lowest BCUT2D eigenvalue weighted by Crippen LogP contribution is -2.50. The van der Waals surface area contributed by atoms with Crippen molar-refractivity contribution in [1.82, 2.24) is 14.8 Å². The van der Waals surface area contributed by atoms with Crippen molar-refractivity contribution in [3.05, 3.63) is 84.3 Å². The Balaban J connectivity index is 1.27. The Bertz CT molecular complexity index is 1410. The zero-order valence-electron chi connectivity index (χ0n) is 19.4. The van der Waals surface area contributed by atoms with Crippen LogP contribution in [0.2, 0.25) is 0 Å². The lowest BCUT2D eigenvalue weighted by atomic mass is 10.1. The van der Waals surface area contributed by atoms with E-state index in [9.17, 15) is 14.4 Å². The van der Waals surface area contributed by atoms with Crippen LogP contribution in [0.15, 0.2) is 73.1 Å². The van der Waals surface area contributed by atoms with Crippen molar-refractivity contribution in [1.29, 1.82) is 0 Å². The van der Waals surface area contributed by atoms with E-state index in [2.05, 4.69) is 15.7 Å². The standard InChI is InChI=1S/C26H23N5O5/c1-35-21-10-7-18(14-22(21)36-16-19-15-30-13-3-2-4-23(30)27-19)28-26(34)17-5-8-20(9-6-17)31-25(33)12-11-24(32)29-31/h2-10,13-15H,11-12,16H2,1H3,(H,28,34)(H,29,32). The lowest BCUT2D eigenvalue weighted by molar-refractivity contribution is -0.130. The number of ether oxygens (including phenoxy) is 2. The average Bonchev–Trinajstić information content (AvgIpc) is 3.32. The van der Waals surface area contributed by atoms with Crippen LogP contribution in [-0.4, -0.2) is 34.2 Å². The van der Waals surface area contributed by atoms with Crippen molar-refractivity contribution < 1.29 is 23.9 Å². The van der Waals surface area contributed by atoms with Gasteiger partial charge in [0.25, 0.3) is 5.91 Å². The van der Waals surface area contributed by atoms with E-state index in [4.69, 9.17) is 9.47 Å². The predicted molar refractivity (Wildman–Crippen MR) is 132 cm³/mol. The predicted octanol–water partition coefficient (Wildman–Crippen LogP) is 3.33. The number of fused-ring (bicyclic) bond motifs is 1. The molecule has 3 heterocycles. The largest absolute Gasteiger partial charge is 0.493 e. The molecule has 2 N–H and O–H groups in total. The molecule has 0 unspecified atom stereocenters. The number of hydrogen-bond acceptors (Lipinski definition) is 6. The second-order valence-corrected chi connectivity index (χ2v) is 8.12. The van der Waals surface area contributed by atoms with Crippen LogP contribution in [0.1, 0.15) is 28.9 Å². The quantitative estimate of drug-likeness (QED) is 0.415. The van der Waals surface area contributed by atoms with E-state index in [-0.39, 0.29) is 37.2 Å². The van der Waals surface area contributed by atoms with Gasteiger partial charge in [0.05, 0.1) is 18.5 Å². The monoisotopic (exact) mass is 485 g/mol. The van der Waals surface area contributed by atoms with Gasteiger partial charge >= 0.3 is 0 Å². The molecular weight excluding hydrogens is 462 g/mol. The Kier molecular flexibility index (Phi) is 6.23. The van der Waals surface area contributed by atoms with Crippen LogP contribution in [0, 0.1) is 0 Å². The molecule has 4 aromatic rings. The molecule has 1 aliphatic heterocycles. The molecule has 3 amide bonds. The van der Waals surface area contributed by atoms with Gasteiger partial charge in [-0.25, -0.2) is 9.99 Å². The molecule has 5 rings (SSSR count). The van der Waals surface area contributed by atoms with Gasteiger partial charge in [-0.2, -0.15) is 0 Å². The van der Waals surface area contributed by atoms with E-state index in [1.807, 2.05) is 35.0 Å². The summed E-state index contributed by atoms with van der Waals surface area (Å²) in [5.74, 6) is 0.208. The zero-order valence-corrected chi connectivity index (χ0v) is 19.4. The number of nitrogens with zero attached hydrogens (tertiary/aromatic N) is 3. The summed E-state index contributed by atoms with van der Waals surface area (Å²) >= 11 is 0. The minimum absolute atomic E-state index is 0.146. The van der Waals surface area contributed by atoms with E-state index in [1.165, 1.54) is 5.01 Å². The number of amides is 3. The SMILES string of the molecule is COc1ccc(NC(=O)c2ccc(N3NC(=O)CCC3=O)cc2)cc1OCc1cn2ccccc2n1. The smallest absolute Gasteiger partial charge is 0.255 e. The Morgan fingerprint density at radius 2 is 1.89 bits per heavy atom. The van der Waals surface area contributed by atoms with E-state index in [0.29, 0.717) is 28.4 Å². The summed E-state index contributed by atoms with van der Waals surface area (Å²) in [5.41, 5.74) is 5.50. The van der Waals surface area contributed by atoms with Crippen molar-refractivity contribution in [2.24, 2.45) is 0 Å².